The summed E-state index contributed by atoms with van der Waals surface area (Å²) in [6, 6.07) is 20.5. The van der Waals surface area contributed by atoms with Gasteiger partial charge in [0.25, 0.3) is 0 Å². The molecule has 3 heteroatoms. The first kappa shape index (κ1) is 14.5. The highest BCUT2D eigenvalue weighted by atomic mass is 16.2. The number of hydrazone groups is 1. The maximum absolute atomic E-state index is 11.8. The molecule has 0 atom stereocenters. The maximum atomic E-state index is 11.8. The molecule has 0 bridgehead atoms. The van der Waals surface area contributed by atoms with Gasteiger partial charge in [-0.15, -0.1) is 0 Å². The number of benzene rings is 2. The summed E-state index contributed by atoms with van der Waals surface area (Å²) in [6.45, 7) is 1.97. The summed E-state index contributed by atoms with van der Waals surface area (Å²) in [7, 11) is 0. The van der Waals surface area contributed by atoms with Crippen LogP contribution in [-0.4, -0.2) is 11.6 Å². The molecule has 0 spiro atoms. The topological polar surface area (TPSA) is 41.5 Å². The predicted octanol–water partition coefficient (Wildman–Crippen LogP) is 3.72. The molecule has 1 saturated carbocycles. The summed E-state index contributed by atoms with van der Waals surface area (Å²) in [5.41, 5.74) is 5.96. The lowest BCUT2D eigenvalue weighted by Gasteiger charge is -2.18. The van der Waals surface area contributed by atoms with Crippen LogP contribution in [0.1, 0.15) is 36.8 Å². The summed E-state index contributed by atoms with van der Waals surface area (Å²) in [6.07, 6.45) is 1.97. The third-order valence-electron chi connectivity index (χ3n) is 3.97. The van der Waals surface area contributed by atoms with Crippen LogP contribution in [0.4, 0.5) is 0 Å². The van der Waals surface area contributed by atoms with Crippen LogP contribution < -0.4 is 5.43 Å². The zero-order valence-electron chi connectivity index (χ0n) is 12.7. The molecule has 1 amide bonds. The number of hydrogen-bond donors (Lipinski definition) is 1. The minimum atomic E-state index is 0.0409. The fourth-order valence-corrected chi connectivity index (χ4v) is 2.61. The average Bonchev–Trinajstić information content (AvgIpc) is 3.40. The van der Waals surface area contributed by atoms with E-state index in [1.54, 1.807) is 0 Å². The lowest BCUT2D eigenvalue weighted by atomic mass is 9.88. The minimum Gasteiger partial charge on any atom is -0.273 e. The molecule has 1 aliphatic rings. The SMILES string of the molecule is C/C(=N/NC(=O)C1CC1)C(c1ccccc1)c1ccccc1. The van der Waals surface area contributed by atoms with Crippen molar-refractivity contribution in [3.05, 3.63) is 71.8 Å². The van der Waals surface area contributed by atoms with E-state index < -0.39 is 0 Å². The van der Waals surface area contributed by atoms with E-state index in [1.165, 1.54) is 11.1 Å². The van der Waals surface area contributed by atoms with Gasteiger partial charge in [0.05, 0.1) is 0 Å². The van der Waals surface area contributed by atoms with E-state index in [-0.39, 0.29) is 17.7 Å². The highest BCUT2D eigenvalue weighted by Gasteiger charge is 2.29. The van der Waals surface area contributed by atoms with Crippen molar-refractivity contribution in [2.75, 3.05) is 0 Å². The molecule has 112 valence electrons. The molecule has 1 aliphatic carbocycles. The fraction of sp³-hybridized carbons (Fsp3) is 0.263. The monoisotopic (exact) mass is 292 g/mol. The smallest absolute Gasteiger partial charge is 0.243 e. The van der Waals surface area contributed by atoms with Crippen LogP contribution in [0.15, 0.2) is 65.8 Å². The van der Waals surface area contributed by atoms with E-state index in [2.05, 4.69) is 34.8 Å². The second-order valence-electron chi connectivity index (χ2n) is 5.76. The van der Waals surface area contributed by atoms with E-state index in [1.807, 2.05) is 43.3 Å². The van der Waals surface area contributed by atoms with Crippen molar-refractivity contribution in [2.45, 2.75) is 25.7 Å². The van der Waals surface area contributed by atoms with E-state index in [0.29, 0.717) is 0 Å². The first-order valence-corrected chi connectivity index (χ1v) is 7.69. The molecule has 0 aromatic heterocycles. The molecule has 0 saturated heterocycles. The van der Waals surface area contributed by atoms with Gasteiger partial charge in [0, 0.05) is 17.5 Å². The average molecular weight is 292 g/mol. The Bertz CT molecular complexity index is 621. The summed E-state index contributed by atoms with van der Waals surface area (Å²) >= 11 is 0. The van der Waals surface area contributed by atoms with Crippen LogP contribution in [0.2, 0.25) is 0 Å². The van der Waals surface area contributed by atoms with Crippen molar-refractivity contribution < 1.29 is 4.79 Å². The van der Waals surface area contributed by atoms with Gasteiger partial charge in [-0.05, 0) is 30.9 Å². The Labute approximate surface area is 131 Å². The first-order chi connectivity index (χ1) is 10.8. The normalized spacial score (nSPS) is 14.9. The fourth-order valence-electron chi connectivity index (χ4n) is 2.61. The van der Waals surface area contributed by atoms with E-state index >= 15 is 0 Å². The molecular weight excluding hydrogens is 272 g/mol. The van der Waals surface area contributed by atoms with Crippen LogP contribution in [0.3, 0.4) is 0 Å². The van der Waals surface area contributed by atoms with Gasteiger partial charge in [-0.25, -0.2) is 5.43 Å². The largest absolute Gasteiger partial charge is 0.273 e. The van der Waals surface area contributed by atoms with Gasteiger partial charge < -0.3 is 0 Å². The quantitative estimate of drug-likeness (QED) is 0.662. The molecule has 0 unspecified atom stereocenters. The van der Waals surface area contributed by atoms with Crippen LogP contribution in [-0.2, 0) is 4.79 Å². The van der Waals surface area contributed by atoms with E-state index in [9.17, 15) is 4.79 Å². The molecule has 0 aliphatic heterocycles. The summed E-state index contributed by atoms with van der Waals surface area (Å²) in [5.74, 6) is 0.268. The molecule has 1 N–H and O–H groups in total. The number of hydrogen-bond acceptors (Lipinski definition) is 2. The van der Waals surface area contributed by atoms with Crippen molar-refractivity contribution in [3.8, 4) is 0 Å². The highest BCUT2D eigenvalue weighted by molar-refractivity contribution is 5.93. The van der Waals surface area contributed by atoms with Crippen molar-refractivity contribution >= 4 is 11.6 Å². The Morgan fingerprint density at radius 3 is 1.95 bits per heavy atom. The highest BCUT2D eigenvalue weighted by Crippen LogP contribution is 2.29. The Morgan fingerprint density at radius 2 is 1.50 bits per heavy atom. The second-order valence-corrected chi connectivity index (χ2v) is 5.76. The predicted molar refractivity (Wildman–Crippen MR) is 88.7 cm³/mol. The molecule has 2 aromatic carbocycles. The summed E-state index contributed by atoms with van der Waals surface area (Å²) in [5, 5.41) is 4.36. The Hall–Kier alpha value is -2.42. The van der Waals surface area contributed by atoms with Crippen LogP contribution in [0.25, 0.3) is 0 Å². The number of nitrogens with zero attached hydrogens (tertiary/aromatic N) is 1. The zero-order valence-corrected chi connectivity index (χ0v) is 12.7. The number of rotatable bonds is 5. The number of carbonyl (C=O) groups is 1. The van der Waals surface area contributed by atoms with Crippen molar-refractivity contribution in [1.82, 2.24) is 5.43 Å². The van der Waals surface area contributed by atoms with Gasteiger partial charge in [-0.2, -0.15) is 5.10 Å². The zero-order chi connectivity index (χ0) is 15.4. The maximum Gasteiger partial charge on any atom is 0.243 e. The third kappa shape index (κ3) is 3.42. The number of carbonyl (C=O) groups excluding carboxylic acids is 1. The van der Waals surface area contributed by atoms with E-state index in [4.69, 9.17) is 0 Å². The van der Waals surface area contributed by atoms with Crippen molar-refractivity contribution in [2.24, 2.45) is 11.0 Å². The van der Waals surface area contributed by atoms with Gasteiger partial charge in [-0.1, -0.05) is 60.7 Å². The lowest BCUT2D eigenvalue weighted by Crippen LogP contribution is -2.22. The van der Waals surface area contributed by atoms with Crippen LogP contribution in [0.5, 0.6) is 0 Å². The van der Waals surface area contributed by atoms with Gasteiger partial charge in [0.15, 0.2) is 0 Å². The molecule has 2 aromatic rings. The first-order valence-electron chi connectivity index (χ1n) is 7.69. The van der Waals surface area contributed by atoms with E-state index in [0.717, 1.165) is 18.6 Å². The molecule has 0 radical (unpaired) electrons. The Balaban J connectivity index is 1.87. The van der Waals surface area contributed by atoms with Gasteiger partial charge >= 0.3 is 0 Å². The minimum absolute atomic E-state index is 0.0409. The summed E-state index contributed by atoms with van der Waals surface area (Å²) in [4.78, 5) is 11.8. The van der Waals surface area contributed by atoms with Crippen molar-refractivity contribution in [1.29, 1.82) is 0 Å². The molecule has 1 fully saturated rings. The van der Waals surface area contributed by atoms with Crippen molar-refractivity contribution in [3.63, 3.8) is 0 Å². The number of amides is 1. The standard InChI is InChI=1S/C19H20N2O/c1-14(20-21-19(22)17-12-13-17)18(15-8-4-2-5-9-15)16-10-6-3-7-11-16/h2-11,17-18H,12-13H2,1H3,(H,21,22)/b20-14-. The molecule has 22 heavy (non-hydrogen) atoms. The molecule has 0 heterocycles. The molecule has 3 nitrogen and oxygen atoms in total. The lowest BCUT2D eigenvalue weighted by molar-refractivity contribution is -0.122. The second kappa shape index (κ2) is 6.56. The Kier molecular flexibility index (Phi) is 4.33. The van der Waals surface area contributed by atoms with Gasteiger partial charge in [0.2, 0.25) is 5.91 Å². The summed E-state index contributed by atoms with van der Waals surface area (Å²) < 4.78 is 0. The van der Waals surface area contributed by atoms with Crippen LogP contribution in [0, 0.1) is 5.92 Å². The number of nitrogens with one attached hydrogen (secondary N) is 1. The third-order valence-corrected chi connectivity index (χ3v) is 3.97. The van der Waals surface area contributed by atoms with Gasteiger partial charge in [-0.3, -0.25) is 4.79 Å². The Morgan fingerprint density at radius 1 is 1.00 bits per heavy atom. The molecule has 3 rings (SSSR count). The van der Waals surface area contributed by atoms with Crippen LogP contribution >= 0.6 is 0 Å². The van der Waals surface area contributed by atoms with Gasteiger partial charge in [0.1, 0.15) is 0 Å². The molecular formula is C19H20N2O.